The normalized spacial score (nSPS) is 16.5. The molecule has 2 aromatic rings. The Hall–Kier alpha value is -2.35. The lowest BCUT2D eigenvalue weighted by Gasteiger charge is -2.30. The van der Waals surface area contributed by atoms with Crippen molar-refractivity contribution in [3.63, 3.8) is 0 Å². The van der Waals surface area contributed by atoms with Crippen LogP contribution in [0.15, 0.2) is 30.3 Å². The van der Waals surface area contributed by atoms with E-state index in [0.717, 1.165) is 24.8 Å². The van der Waals surface area contributed by atoms with Gasteiger partial charge in [0.1, 0.15) is 5.75 Å². The van der Waals surface area contributed by atoms with E-state index in [1.165, 1.54) is 14.2 Å². The van der Waals surface area contributed by atoms with Crippen molar-refractivity contribution < 1.29 is 38.2 Å². The molecule has 0 aromatic heterocycles. The summed E-state index contributed by atoms with van der Waals surface area (Å²) < 4.78 is 33.6. The highest BCUT2D eigenvalue weighted by Gasteiger charge is 2.23. The average molecular weight is 477 g/mol. The lowest BCUT2D eigenvalue weighted by molar-refractivity contribution is -0.222. The van der Waals surface area contributed by atoms with E-state index in [1.807, 2.05) is 0 Å². The van der Waals surface area contributed by atoms with E-state index in [1.54, 1.807) is 42.5 Å². The van der Waals surface area contributed by atoms with Crippen LogP contribution in [0.25, 0.3) is 12.2 Å². The Morgan fingerprint density at radius 1 is 0.939 bits per heavy atom. The molecule has 8 nitrogen and oxygen atoms in total. The molecule has 0 saturated heterocycles. The van der Waals surface area contributed by atoms with Crippen LogP contribution in [0, 0.1) is 0 Å². The lowest BCUT2D eigenvalue weighted by atomic mass is 9.98. The van der Waals surface area contributed by atoms with Gasteiger partial charge in [-0.15, -0.1) is 0 Å². The summed E-state index contributed by atoms with van der Waals surface area (Å²) in [6.45, 7) is -0.491. The molecule has 1 unspecified atom stereocenters. The van der Waals surface area contributed by atoms with E-state index in [2.05, 4.69) is 0 Å². The predicted molar refractivity (Wildman–Crippen MR) is 123 cm³/mol. The van der Waals surface area contributed by atoms with Gasteiger partial charge < -0.3 is 33.6 Å². The van der Waals surface area contributed by atoms with Crippen LogP contribution in [-0.4, -0.2) is 30.5 Å². The van der Waals surface area contributed by atoms with Gasteiger partial charge in [0, 0.05) is 5.56 Å². The zero-order valence-electron chi connectivity index (χ0n) is 18.9. The van der Waals surface area contributed by atoms with Gasteiger partial charge in [0.2, 0.25) is 0 Å². The molecule has 0 aliphatic heterocycles. The molecule has 1 aliphatic carbocycles. The highest BCUT2D eigenvalue weighted by molar-refractivity contribution is 7.46. The van der Waals surface area contributed by atoms with Gasteiger partial charge in [0.15, 0.2) is 11.5 Å². The molecule has 1 saturated carbocycles. The highest BCUT2D eigenvalue weighted by Crippen LogP contribution is 2.46. The third-order valence-corrected chi connectivity index (χ3v) is 6.55. The minimum Gasteiger partial charge on any atom is -0.746 e. The number of rotatable bonds is 10. The molecule has 2 aromatic carbocycles. The van der Waals surface area contributed by atoms with Gasteiger partial charge in [-0.25, -0.2) is 0 Å². The van der Waals surface area contributed by atoms with E-state index in [-0.39, 0.29) is 30.8 Å². The first-order valence-corrected chi connectivity index (χ1v) is 12.3. The number of phosphoric acid groups is 1. The molecule has 3 rings (SSSR count). The van der Waals surface area contributed by atoms with Crippen LogP contribution >= 0.6 is 7.82 Å². The van der Waals surface area contributed by atoms with Crippen molar-refractivity contribution in [2.45, 2.75) is 51.4 Å². The van der Waals surface area contributed by atoms with Crippen molar-refractivity contribution in [2.24, 2.45) is 0 Å². The Morgan fingerprint density at radius 3 is 2.24 bits per heavy atom. The zero-order chi connectivity index (χ0) is 23.8. The number of hydrogen-bond donors (Lipinski definition) is 2. The maximum atomic E-state index is 12.5. The Bertz CT molecular complexity index is 989. The second-order valence-corrected chi connectivity index (χ2v) is 9.11. The largest absolute Gasteiger partial charge is 0.746 e. The number of hydrogen-bond acceptors (Lipinski definition) is 8. The smallest absolute Gasteiger partial charge is 0.320 e. The van der Waals surface area contributed by atoms with Crippen molar-refractivity contribution in [3.8, 4) is 17.2 Å². The molecule has 0 amide bonds. The fraction of sp³-hybridized carbons (Fsp3) is 0.417. The van der Waals surface area contributed by atoms with Gasteiger partial charge in [-0.3, -0.25) is 4.57 Å². The number of aliphatic hydroxyl groups is 2. The number of ether oxygens (including phenoxy) is 2. The van der Waals surface area contributed by atoms with E-state index in [0.29, 0.717) is 35.3 Å². The van der Waals surface area contributed by atoms with Crippen LogP contribution in [0.4, 0.5) is 0 Å². The fourth-order valence-electron chi connectivity index (χ4n) is 3.88. The number of aliphatic hydroxyl groups excluding tert-OH is 2. The molecule has 0 spiro atoms. The Kier molecular flexibility index (Phi) is 8.95. The summed E-state index contributed by atoms with van der Waals surface area (Å²) >= 11 is 0. The summed E-state index contributed by atoms with van der Waals surface area (Å²) in [5, 5.41) is 19.2. The van der Waals surface area contributed by atoms with E-state index < -0.39 is 7.82 Å². The Labute approximate surface area is 194 Å². The molecular weight excluding hydrogens is 447 g/mol. The zero-order valence-corrected chi connectivity index (χ0v) is 19.8. The summed E-state index contributed by atoms with van der Waals surface area (Å²) in [4.78, 5) is 12.5. The van der Waals surface area contributed by atoms with Gasteiger partial charge in [-0.05, 0) is 53.8 Å². The summed E-state index contributed by atoms with van der Waals surface area (Å²) in [7, 11) is -1.65. The third kappa shape index (κ3) is 6.82. The monoisotopic (exact) mass is 477 g/mol. The molecule has 1 fully saturated rings. The van der Waals surface area contributed by atoms with Crippen molar-refractivity contribution >= 4 is 20.0 Å². The summed E-state index contributed by atoms with van der Waals surface area (Å²) in [5.41, 5.74) is 2.49. The first kappa shape index (κ1) is 25.3. The van der Waals surface area contributed by atoms with Crippen LogP contribution < -0.4 is 18.9 Å². The third-order valence-electron chi connectivity index (χ3n) is 5.57. The minimum absolute atomic E-state index is 0.0399. The van der Waals surface area contributed by atoms with E-state index in [9.17, 15) is 19.7 Å². The predicted octanol–water partition coefficient (Wildman–Crippen LogP) is 4.06. The average Bonchev–Trinajstić information content (AvgIpc) is 2.82. The highest BCUT2D eigenvalue weighted by atomic mass is 31.2. The van der Waals surface area contributed by atoms with Gasteiger partial charge in [-0.2, -0.15) is 0 Å². The molecule has 0 radical (unpaired) electrons. The van der Waals surface area contributed by atoms with Crippen molar-refractivity contribution in [2.75, 3.05) is 14.2 Å². The van der Waals surface area contributed by atoms with Crippen LogP contribution in [0.3, 0.4) is 0 Å². The van der Waals surface area contributed by atoms with Crippen LogP contribution in [0.5, 0.6) is 17.2 Å². The van der Waals surface area contributed by atoms with Gasteiger partial charge >= 0.3 is 7.82 Å². The molecule has 1 atom stereocenters. The molecule has 2 N–H and O–H groups in total. The summed E-state index contributed by atoms with van der Waals surface area (Å²) in [5.74, 6) is 0.777. The summed E-state index contributed by atoms with van der Waals surface area (Å²) in [6, 6.07) is 8.41. The van der Waals surface area contributed by atoms with Gasteiger partial charge in [0.25, 0.3) is 0 Å². The van der Waals surface area contributed by atoms with Crippen molar-refractivity contribution in [1.82, 2.24) is 0 Å². The first-order chi connectivity index (χ1) is 15.9. The maximum Gasteiger partial charge on any atom is 0.320 e. The number of phosphoric ester groups is 1. The minimum atomic E-state index is -4.57. The van der Waals surface area contributed by atoms with Crippen molar-refractivity contribution in [3.05, 3.63) is 52.6 Å². The summed E-state index contributed by atoms with van der Waals surface area (Å²) in [6.07, 6.45) is 7.55. The number of benzene rings is 2. The van der Waals surface area contributed by atoms with Crippen molar-refractivity contribution in [1.29, 1.82) is 0 Å². The second-order valence-electron chi connectivity index (χ2n) is 7.82. The number of methoxy groups -OCH3 is 2. The molecule has 0 heterocycles. The maximum absolute atomic E-state index is 12.5. The standard InChI is InChI=1S/C24H31O8P/c1-29-22-11-10-17(8-9-18-12-19(15-25)21(16-26)23(14-18)30-2)13-24(22)32-33(27,28)31-20-6-4-3-5-7-20/h8-14,20,25-26H,3-7,15-16H2,1-2H3,(H,27,28)/p-1/b9-8-. The SMILES string of the molecule is COc1ccc(/C=C\c2cc(CO)c(CO)c(OC)c2)cc1OP(=O)([O-])OC1CCCCC1. The quantitative estimate of drug-likeness (QED) is 0.389. The molecule has 33 heavy (non-hydrogen) atoms. The van der Waals surface area contributed by atoms with E-state index >= 15 is 0 Å². The molecular formula is C24H30O8P-. The van der Waals surface area contributed by atoms with Gasteiger partial charge in [-0.1, -0.05) is 37.5 Å². The topological polar surface area (TPSA) is 118 Å². The second kappa shape index (κ2) is 11.7. The Morgan fingerprint density at radius 2 is 1.61 bits per heavy atom. The molecule has 1 aliphatic rings. The molecule has 180 valence electrons. The van der Waals surface area contributed by atoms with Gasteiger partial charge in [0.05, 0.1) is 33.5 Å². The van der Waals surface area contributed by atoms with E-state index in [4.69, 9.17) is 18.5 Å². The molecule has 0 bridgehead atoms. The van der Waals surface area contributed by atoms with Crippen LogP contribution in [-0.2, 0) is 22.3 Å². The first-order valence-electron chi connectivity index (χ1n) is 10.9. The Balaban J connectivity index is 1.82. The van der Waals surface area contributed by atoms with Crippen LogP contribution in [0.1, 0.15) is 54.4 Å². The molecule has 9 heteroatoms. The van der Waals surface area contributed by atoms with Crippen LogP contribution in [0.2, 0.25) is 0 Å². The lowest BCUT2D eigenvalue weighted by Crippen LogP contribution is -2.21. The fourth-order valence-corrected chi connectivity index (χ4v) is 4.88.